The summed E-state index contributed by atoms with van der Waals surface area (Å²) in [7, 11) is 0. The first-order chi connectivity index (χ1) is 20.3. The third-order valence-corrected chi connectivity index (χ3v) is 9.16. The Hall–Kier alpha value is -4.27. The summed E-state index contributed by atoms with van der Waals surface area (Å²) in [5, 5.41) is 2.94. The fourth-order valence-electron chi connectivity index (χ4n) is 6.67. The van der Waals surface area contributed by atoms with Crippen molar-refractivity contribution < 1.29 is 23.9 Å². The predicted molar refractivity (Wildman–Crippen MR) is 161 cm³/mol. The van der Waals surface area contributed by atoms with E-state index in [-0.39, 0.29) is 29.2 Å². The van der Waals surface area contributed by atoms with Gasteiger partial charge in [0.05, 0.1) is 33.8 Å². The normalized spacial score (nSPS) is 21.4. The second kappa shape index (κ2) is 10.2. The number of carbonyl (C=O) groups is 4. The molecule has 1 N–H and O–H groups in total. The molecular formula is C33H22BrClN2O5. The number of benzene rings is 4. The van der Waals surface area contributed by atoms with Crippen LogP contribution < -0.4 is 10.2 Å². The molecule has 0 radical (unpaired) electrons. The number of hydrogen-bond donors (Lipinski definition) is 1. The highest BCUT2D eigenvalue weighted by Crippen LogP contribution is 2.61. The fourth-order valence-corrected chi connectivity index (χ4v) is 7.39. The van der Waals surface area contributed by atoms with Gasteiger partial charge in [0.25, 0.3) is 5.91 Å². The Kier molecular flexibility index (Phi) is 6.48. The third kappa shape index (κ3) is 4.16. The summed E-state index contributed by atoms with van der Waals surface area (Å²) in [6, 6.07) is 27.3. The van der Waals surface area contributed by atoms with Crippen LogP contribution in [0.5, 0.6) is 0 Å². The molecular weight excluding hydrogens is 620 g/mol. The van der Waals surface area contributed by atoms with Crippen molar-refractivity contribution in [1.82, 2.24) is 0 Å². The van der Waals surface area contributed by atoms with Gasteiger partial charge in [-0.05, 0) is 64.7 Å². The quantitative estimate of drug-likeness (QED) is 0.204. The molecule has 2 atom stereocenters. The van der Waals surface area contributed by atoms with Crippen LogP contribution in [0.2, 0.25) is 5.02 Å². The second-order valence-electron chi connectivity index (χ2n) is 10.6. The van der Waals surface area contributed by atoms with Crippen LogP contribution in [0.4, 0.5) is 11.4 Å². The van der Waals surface area contributed by atoms with Crippen molar-refractivity contribution >= 4 is 62.6 Å². The monoisotopic (exact) mass is 640 g/mol. The van der Waals surface area contributed by atoms with Gasteiger partial charge in [0.1, 0.15) is 0 Å². The smallest absolute Gasteiger partial charge is 0.338 e. The minimum atomic E-state index is -0.713. The second-order valence-corrected chi connectivity index (χ2v) is 11.9. The van der Waals surface area contributed by atoms with Gasteiger partial charge in [-0.2, -0.15) is 0 Å². The van der Waals surface area contributed by atoms with Gasteiger partial charge in [0.2, 0.25) is 11.8 Å². The van der Waals surface area contributed by atoms with Gasteiger partial charge in [-0.3, -0.25) is 14.4 Å². The number of rotatable bonds is 5. The summed E-state index contributed by atoms with van der Waals surface area (Å²) < 4.78 is 5.93. The molecule has 4 aromatic carbocycles. The maximum atomic E-state index is 13.9. The highest BCUT2D eigenvalue weighted by atomic mass is 79.9. The molecule has 0 aromatic heterocycles. The molecule has 1 aliphatic heterocycles. The number of nitrogens with zero attached hydrogens (tertiary/aromatic N) is 1. The summed E-state index contributed by atoms with van der Waals surface area (Å²) in [6.07, 6.45) is 0. The summed E-state index contributed by atoms with van der Waals surface area (Å²) in [5.41, 5.74) is 5.40. The Labute approximate surface area is 254 Å². The lowest BCUT2D eigenvalue weighted by Crippen LogP contribution is -2.41. The molecule has 7 nitrogen and oxygen atoms in total. The molecule has 3 aliphatic carbocycles. The number of carbonyl (C=O) groups excluding carboxylic acids is 4. The molecule has 0 unspecified atom stereocenters. The number of anilines is 2. The number of imide groups is 1. The molecule has 42 heavy (non-hydrogen) atoms. The number of nitrogens with one attached hydrogen (secondary N) is 1. The molecule has 0 spiro atoms. The molecule has 4 aromatic rings. The van der Waals surface area contributed by atoms with Gasteiger partial charge >= 0.3 is 5.97 Å². The standard InChI is InChI=1S/C33H22BrClN2O5/c34-18-11-14-25(24(35)15-18)36-26(38)16-42-33(41)17-9-12-19(13-10-17)37-31(39)29-27-20-5-1-2-6-21(20)28(30(29)32(37)40)23-8-4-3-7-22(23)27/h1-15,27-30H,16H2,(H,36,38)/t27?,28?,29-,30-/m1/s1. The molecule has 9 heteroatoms. The molecule has 4 aliphatic rings. The minimum absolute atomic E-state index is 0.185. The third-order valence-electron chi connectivity index (χ3n) is 8.35. The van der Waals surface area contributed by atoms with Crippen molar-refractivity contribution in [3.8, 4) is 0 Å². The van der Waals surface area contributed by atoms with Crippen LogP contribution >= 0.6 is 27.5 Å². The Morgan fingerprint density at radius 3 is 1.81 bits per heavy atom. The zero-order valence-corrected chi connectivity index (χ0v) is 24.3. The van der Waals surface area contributed by atoms with E-state index in [9.17, 15) is 19.2 Å². The first-order valence-electron chi connectivity index (χ1n) is 13.4. The fraction of sp³-hybridized carbons (Fsp3) is 0.152. The van der Waals surface area contributed by atoms with E-state index in [1.54, 1.807) is 30.3 Å². The van der Waals surface area contributed by atoms with Crippen LogP contribution in [0.25, 0.3) is 0 Å². The van der Waals surface area contributed by atoms with Gasteiger partial charge in [0, 0.05) is 16.3 Å². The molecule has 1 heterocycles. The van der Waals surface area contributed by atoms with Gasteiger partial charge in [-0.15, -0.1) is 0 Å². The first kappa shape index (κ1) is 26.6. The highest BCUT2D eigenvalue weighted by Gasteiger charge is 2.61. The van der Waals surface area contributed by atoms with E-state index in [4.69, 9.17) is 16.3 Å². The van der Waals surface area contributed by atoms with Crippen LogP contribution in [0, 0.1) is 11.8 Å². The van der Waals surface area contributed by atoms with Crippen LogP contribution in [-0.2, 0) is 19.1 Å². The van der Waals surface area contributed by atoms with E-state index in [1.165, 1.54) is 17.0 Å². The summed E-state index contributed by atoms with van der Waals surface area (Å²) in [5.74, 6) is -3.09. The van der Waals surface area contributed by atoms with E-state index >= 15 is 0 Å². The molecule has 3 amide bonds. The molecule has 8 rings (SSSR count). The Morgan fingerprint density at radius 1 is 0.786 bits per heavy atom. The first-order valence-corrected chi connectivity index (χ1v) is 14.6. The van der Waals surface area contributed by atoms with Gasteiger partial charge < -0.3 is 10.1 Å². The van der Waals surface area contributed by atoms with Crippen LogP contribution in [0.3, 0.4) is 0 Å². The van der Waals surface area contributed by atoms with Gasteiger partial charge in [0.15, 0.2) is 6.61 Å². The van der Waals surface area contributed by atoms with Crippen molar-refractivity contribution in [2.45, 2.75) is 11.8 Å². The Bertz CT molecular complexity index is 1690. The average molecular weight is 642 g/mol. The molecule has 0 saturated carbocycles. The maximum absolute atomic E-state index is 13.9. The summed E-state index contributed by atoms with van der Waals surface area (Å²) in [4.78, 5) is 54.0. The van der Waals surface area contributed by atoms with E-state index in [1.807, 2.05) is 24.3 Å². The van der Waals surface area contributed by atoms with Crippen molar-refractivity contribution in [1.29, 1.82) is 0 Å². The zero-order valence-electron chi connectivity index (χ0n) is 21.9. The summed E-state index contributed by atoms with van der Waals surface area (Å²) >= 11 is 9.42. The van der Waals surface area contributed by atoms with E-state index in [0.29, 0.717) is 16.4 Å². The van der Waals surface area contributed by atoms with Crippen molar-refractivity contribution in [3.63, 3.8) is 0 Å². The van der Waals surface area contributed by atoms with E-state index < -0.39 is 30.3 Å². The largest absolute Gasteiger partial charge is 0.452 e. The van der Waals surface area contributed by atoms with E-state index in [0.717, 1.165) is 26.7 Å². The lowest BCUT2D eigenvalue weighted by atomic mass is 9.55. The summed E-state index contributed by atoms with van der Waals surface area (Å²) in [6.45, 7) is -0.511. The van der Waals surface area contributed by atoms with Crippen molar-refractivity contribution in [2.24, 2.45) is 11.8 Å². The SMILES string of the molecule is O=C(COC(=O)c1ccc(N2C(=O)[C@@H]3C4c5ccccc5C(c5ccccc54)[C@H]3C2=O)cc1)Nc1ccc(Br)cc1Cl. The van der Waals surface area contributed by atoms with Crippen molar-refractivity contribution in [2.75, 3.05) is 16.8 Å². The van der Waals surface area contributed by atoms with Crippen molar-refractivity contribution in [3.05, 3.63) is 128 Å². The number of ether oxygens (including phenoxy) is 1. The molecule has 1 fully saturated rings. The molecule has 2 bridgehead atoms. The predicted octanol–water partition coefficient (Wildman–Crippen LogP) is 6.29. The number of esters is 1. The topological polar surface area (TPSA) is 92.8 Å². The average Bonchev–Trinajstić information content (AvgIpc) is 3.27. The molecule has 208 valence electrons. The molecule has 1 saturated heterocycles. The minimum Gasteiger partial charge on any atom is -0.452 e. The lowest BCUT2D eigenvalue weighted by molar-refractivity contribution is -0.122. The number of halogens is 2. The van der Waals surface area contributed by atoms with Gasteiger partial charge in [-0.1, -0.05) is 76.1 Å². The number of amides is 3. The zero-order chi connectivity index (χ0) is 29.1. The van der Waals surface area contributed by atoms with Crippen LogP contribution in [0.1, 0.15) is 44.4 Å². The van der Waals surface area contributed by atoms with E-state index in [2.05, 4.69) is 45.5 Å². The van der Waals surface area contributed by atoms with Crippen LogP contribution in [-0.4, -0.2) is 30.3 Å². The Balaban J connectivity index is 1.08. The number of hydrogen-bond acceptors (Lipinski definition) is 5. The Morgan fingerprint density at radius 2 is 1.31 bits per heavy atom. The maximum Gasteiger partial charge on any atom is 0.338 e. The van der Waals surface area contributed by atoms with Gasteiger partial charge in [-0.25, -0.2) is 9.69 Å². The lowest BCUT2D eigenvalue weighted by Gasteiger charge is -2.45. The van der Waals surface area contributed by atoms with Crippen LogP contribution in [0.15, 0.2) is 95.5 Å². The highest BCUT2D eigenvalue weighted by molar-refractivity contribution is 9.10.